The quantitative estimate of drug-likeness (QED) is 0.544. The molecule has 0 amide bonds. The molecule has 0 saturated carbocycles. The molecule has 0 aliphatic heterocycles. The van der Waals surface area contributed by atoms with Gasteiger partial charge in [0.1, 0.15) is 6.04 Å². The van der Waals surface area contributed by atoms with Crippen molar-refractivity contribution in [2.75, 3.05) is 6.61 Å². The number of hydrogen-bond donors (Lipinski definition) is 3. The zero-order chi connectivity index (χ0) is 11.4. The number of sulfonamides is 1. The van der Waals surface area contributed by atoms with E-state index in [4.69, 9.17) is 10.2 Å². The Morgan fingerprint density at radius 2 is 1.93 bits per heavy atom. The Labute approximate surface area is 78.6 Å². The van der Waals surface area contributed by atoms with Crippen molar-refractivity contribution in [2.24, 2.45) is 0 Å². The number of halogens is 2. The number of aliphatic hydroxyl groups is 1. The Morgan fingerprint density at radius 1 is 1.43 bits per heavy atom. The molecule has 3 N–H and O–H groups in total. The minimum atomic E-state index is -4.94. The number of hydrogen-bond acceptors (Lipinski definition) is 4. The first kappa shape index (κ1) is 13.2. The monoisotopic (exact) mass is 233 g/mol. The third-order valence-electron chi connectivity index (χ3n) is 1.26. The predicted molar refractivity (Wildman–Crippen MR) is 41.2 cm³/mol. The summed E-state index contributed by atoms with van der Waals surface area (Å²) in [5.41, 5.74) is 0. The Hall–Kier alpha value is -0.800. The maximum Gasteiger partial charge on any atom is 0.350 e. The van der Waals surface area contributed by atoms with Crippen molar-refractivity contribution in [2.45, 2.75) is 18.2 Å². The molecule has 0 radical (unpaired) electrons. The van der Waals surface area contributed by atoms with E-state index < -0.39 is 40.8 Å². The number of alkyl halides is 2. The first-order valence-electron chi connectivity index (χ1n) is 3.44. The molecular weight excluding hydrogens is 224 g/mol. The fourth-order valence-electron chi connectivity index (χ4n) is 0.612. The number of carboxylic acid groups (broad SMARTS) is 1. The Balaban J connectivity index is 4.53. The fraction of sp³-hybridized carbons (Fsp3) is 0.800. The molecule has 0 fully saturated rings. The van der Waals surface area contributed by atoms with Crippen LogP contribution >= 0.6 is 0 Å². The molecule has 84 valence electrons. The molecule has 0 aromatic carbocycles. The summed E-state index contributed by atoms with van der Waals surface area (Å²) in [4.78, 5) is 10.3. The van der Waals surface area contributed by atoms with E-state index in [2.05, 4.69) is 0 Å². The molecule has 0 aromatic rings. The minimum absolute atomic E-state index is 0.471. The van der Waals surface area contributed by atoms with Gasteiger partial charge in [0.05, 0.1) is 0 Å². The third kappa shape index (κ3) is 3.94. The van der Waals surface area contributed by atoms with Gasteiger partial charge in [-0.1, -0.05) is 0 Å². The third-order valence-corrected chi connectivity index (χ3v) is 2.34. The van der Waals surface area contributed by atoms with Gasteiger partial charge in [-0.25, -0.2) is 8.42 Å². The van der Waals surface area contributed by atoms with Crippen molar-refractivity contribution in [3.63, 3.8) is 0 Å². The summed E-state index contributed by atoms with van der Waals surface area (Å²) in [6, 6.07) is -1.74. The lowest BCUT2D eigenvalue weighted by Crippen LogP contribution is -2.43. The Kier molecular flexibility index (Phi) is 4.88. The number of aliphatic carboxylic acids is 1. The lowest BCUT2D eigenvalue weighted by Gasteiger charge is -2.12. The largest absolute Gasteiger partial charge is 0.480 e. The second-order valence-corrected chi connectivity index (χ2v) is 4.01. The van der Waals surface area contributed by atoms with Crippen LogP contribution in [0.3, 0.4) is 0 Å². The smallest absolute Gasteiger partial charge is 0.350 e. The molecule has 14 heavy (non-hydrogen) atoms. The van der Waals surface area contributed by atoms with E-state index in [1.165, 1.54) is 4.72 Å². The molecular formula is C5H9F2NO5S. The lowest BCUT2D eigenvalue weighted by atomic mass is 10.2. The van der Waals surface area contributed by atoms with E-state index in [1.54, 1.807) is 0 Å². The summed E-state index contributed by atoms with van der Waals surface area (Å²) in [7, 11) is -4.94. The molecule has 0 spiro atoms. The zero-order valence-corrected chi connectivity index (χ0v) is 7.67. The van der Waals surface area contributed by atoms with Crippen LogP contribution in [0.2, 0.25) is 0 Å². The zero-order valence-electron chi connectivity index (χ0n) is 6.85. The van der Waals surface area contributed by atoms with E-state index in [-0.39, 0.29) is 0 Å². The number of aliphatic hydroxyl groups excluding tert-OH is 1. The molecule has 0 aliphatic rings. The van der Waals surface area contributed by atoms with Crippen LogP contribution in [-0.2, 0) is 14.8 Å². The molecule has 6 nitrogen and oxygen atoms in total. The molecule has 1 atom stereocenters. The first-order chi connectivity index (χ1) is 6.31. The number of carboxylic acids is 1. The number of rotatable bonds is 6. The summed E-state index contributed by atoms with van der Waals surface area (Å²) in [5, 5.41) is 16.7. The summed E-state index contributed by atoms with van der Waals surface area (Å²) in [5.74, 6) is -5.31. The SMILES string of the molecule is O=C(O)[C@H](CCO)NS(=O)(=O)C(F)F. The van der Waals surface area contributed by atoms with E-state index in [0.29, 0.717) is 0 Å². The second-order valence-electron chi connectivity index (χ2n) is 2.33. The van der Waals surface area contributed by atoms with E-state index in [0.717, 1.165) is 0 Å². The normalized spacial score (nSPS) is 14.3. The average molecular weight is 233 g/mol. The molecule has 0 bridgehead atoms. The van der Waals surface area contributed by atoms with Gasteiger partial charge < -0.3 is 10.2 Å². The standard InChI is InChI=1S/C5H9F2NO5S/c6-5(7)14(12,13)8-3(1-2-9)4(10)11/h3,5,8-9H,1-2H2,(H,10,11)/t3-/m0/s1. The van der Waals surface area contributed by atoms with Gasteiger partial charge in [0.15, 0.2) is 0 Å². The van der Waals surface area contributed by atoms with Gasteiger partial charge in [-0.3, -0.25) is 4.79 Å². The van der Waals surface area contributed by atoms with Crippen LogP contribution in [0, 0.1) is 0 Å². The van der Waals surface area contributed by atoms with Gasteiger partial charge in [0.25, 0.3) is 10.0 Å². The Morgan fingerprint density at radius 3 is 2.21 bits per heavy atom. The highest BCUT2D eigenvalue weighted by atomic mass is 32.2. The van der Waals surface area contributed by atoms with Crippen LogP contribution in [0.5, 0.6) is 0 Å². The van der Waals surface area contributed by atoms with Crippen molar-refractivity contribution in [3.05, 3.63) is 0 Å². The lowest BCUT2D eigenvalue weighted by molar-refractivity contribution is -0.139. The van der Waals surface area contributed by atoms with E-state index in [9.17, 15) is 22.0 Å². The molecule has 0 aromatic heterocycles. The van der Waals surface area contributed by atoms with Gasteiger partial charge in [-0.05, 0) is 6.42 Å². The molecule has 0 heterocycles. The fourth-order valence-corrected chi connectivity index (χ4v) is 1.33. The van der Waals surface area contributed by atoms with Crippen molar-refractivity contribution in [1.82, 2.24) is 4.72 Å². The molecule has 0 unspecified atom stereocenters. The molecule has 9 heteroatoms. The second kappa shape index (κ2) is 5.17. The molecule has 0 saturated heterocycles. The maximum absolute atomic E-state index is 11.8. The first-order valence-corrected chi connectivity index (χ1v) is 4.99. The van der Waals surface area contributed by atoms with Crippen LogP contribution in [0.4, 0.5) is 8.78 Å². The van der Waals surface area contributed by atoms with Crippen molar-refractivity contribution >= 4 is 16.0 Å². The van der Waals surface area contributed by atoms with Gasteiger partial charge >= 0.3 is 11.7 Å². The minimum Gasteiger partial charge on any atom is -0.480 e. The van der Waals surface area contributed by atoms with Gasteiger partial charge in [0, 0.05) is 6.61 Å². The number of carbonyl (C=O) groups is 1. The van der Waals surface area contributed by atoms with Gasteiger partial charge in [-0.15, -0.1) is 0 Å². The van der Waals surface area contributed by atoms with Crippen molar-refractivity contribution in [1.29, 1.82) is 0 Å². The van der Waals surface area contributed by atoms with Crippen molar-refractivity contribution in [3.8, 4) is 0 Å². The van der Waals surface area contributed by atoms with E-state index in [1.807, 2.05) is 0 Å². The topological polar surface area (TPSA) is 104 Å². The van der Waals surface area contributed by atoms with Crippen LogP contribution < -0.4 is 4.72 Å². The highest BCUT2D eigenvalue weighted by Crippen LogP contribution is 2.04. The van der Waals surface area contributed by atoms with Crippen LogP contribution in [0.15, 0.2) is 0 Å². The van der Waals surface area contributed by atoms with Crippen molar-refractivity contribution < 1.29 is 32.2 Å². The average Bonchev–Trinajstić information content (AvgIpc) is 2.02. The molecule has 0 aliphatic carbocycles. The number of nitrogens with one attached hydrogen (secondary N) is 1. The molecule has 0 rings (SSSR count). The summed E-state index contributed by atoms with van der Waals surface area (Å²) in [6.45, 7) is -0.622. The van der Waals surface area contributed by atoms with E-state index >= 15 is 0 Å². The predicted octanol–water partition coefficient (Wildman–Crippen LogP) is -1.04. The highest BCUT2D eigenvalue weighted by Gasteiger charge is 2.30. The Bertz CT molecular complexity index is 290. The highest BCUT2D eigenvalue weighted by molar-refractivity contribution is 7.89. The summed E-state index contributed by atoms with van der Waals surface area (Å²) < 4.78 is 45.8. The maximum atomic E-state index is 11.8. The van der Waals surface area contributed by atoms with Crippen LogP contribution in [0.25, 0.3) is 0 Å². The summed E-state index contributed by atoms with van der Waals surface area (Å²) >= 11 is 0. The summed E-state index contributed by atoms with van der Waals surface area (Å²) in [6.07, 6.45) is -0.471. The van der Waals surface area contributed by atoms with Gasteiger partial charge in [-0.2, -0.15) is 13.5 Å². The van der Waals surface area contributed by atoms with Gasteiger partial charge in [0.2, 0.25) is 0 Å². The van der Waals surface area contributed by atoms with Crippen LogP contribution in [0.1, 0.15) is 6.42 Å². The van der Waals surface area contributed by atoms with Crippen LogP contribution in [-0.4, -0.2) is 43.0 Å².